The summed E-state index contributed by atoms with van der Waals surface area (Å²) in [6, 6.07) is 6.62. The maximum Gasteiger partial charge on any atom is 0.338 e. The van der Waals surface area contributed by atoms with Gasteiger partial charge in [0.2, 0.25) is 0 Å². The molecule has 0 radical (unpaired) electrons. The third-order valence-corrected chi connectivity index (χ3v) is 2.80. The summed E-state index contributed by atoms with van der Waals surface area (Å²) in [5.41, 5.74) is 0.420. The first-order valence-electron chi connectivity index (χ1n) is 6.50. The van der Waals surface area contributed by atoms with Crippen molar-refractivity contribution < 1.29 is 19.1 Å². The molecule has 104 valence electrons. The molecule has 1 aromatic rings. The highest BCUT2D eigenvalue weighted by Crippen LogP contribution is 2.14. The molecule has 0 aliphatic carbocycles. The Kier molecular flexibility index (Phi) is 6.06. The van der Waals surface area contributed by atoms with Crippen LogP contribution in [0.4, 0.5) is 0 Å². The van der Waals surface area contributed by atoms with Gasteiger partial charge >= 0.3 is 5.97 Å². The minimum atomic E-state index is -0.644. The van der Waals surface area contributed by atoms with Crippen LogP contribution in [0.25, 0.3) is 0 Å². The van der Waals surface area contributed by atoms with Crippen molar-refractivity contribution in [1.82, 2.24) is 0 Å². The van der Waals surface area contributed by atoms with E-state index in [0.29, 0.717) is 24.2 Å². The van der Waals surface area contributed by atoms with Gasteiger partial charge in [0.15, 0.2) is 11.9 Å². The summed E-state index contributed by atoms with van der Waals surface area (Å²) in [7, 11) is 1.56. The molecule has 4 heteroatoms. The highest BCUT2D eigenvalue weighted by Gasteiger charge is 2.20. The molecule has 0 saturated carbocycles. The molecule has 1 atom stereocenters. The van der Waals surface area contributed by atoms with E-state index in [9.17, 15) is 9.59 Å². The van der Waals surface area contributed by atoms with Crippen molar-refractivity contribution in [2.75, 3.05) is 7.11 Å². The lowest BCUT2D eigenvalue weighted by Crippen LogP contribution is -2.26. The first kappa shape index (κ1) is 15.2. The number of hydrogen-bond acceptors (Lipinski definition) is 4. The molecule has 0 saturated heterocycles. The molecule has 19 heavy (non-hydrogen) atoms. The van der Waals surface area contributed by atoms with Crippen LogP contribution in [0.3, 0.4) is 0 Å². The molecule has 0 aliphatic heterocycles. The molecular formula is C15H20O4. The Balaban J connectivity index is 2.68. The Morgan fingerprint density at radius 1 is 1.16 bits per heavy atom. The number of benzene rings is 1. The number of Topliss-reactive ketones (excluding diaryl/α,β-unsaturated/α-hetero) is 1. The zero-order chi connectivity index (χ0) is 14.3. The van der Waals surface area contributed by atoms with Gasteiger partial charge in [-0.25, -0.2) is 4.79 Å². The van der Waals surface area contributed by atoms with E-state index in [1.165, 1.54) is 0 Å². The van der Waals surface area contributed by atoms with Gasteiger partial charge in [-0.2, -0.15) is 0 Å². The largest absolute Gasteiger partial charge is 0.497 e. The van der Waals surface area contributed by atoms with Crippen molar-refractivity contribution in [1.29, 1.82) is 0 Å². The van der Waals surface area contributed by atoms with Gasteiger partial charge in [-0.1, -0.05) is 13.8 Å². The molecule has 4 nitrogen and oxygen atoms in total. The fourth-order valence-corrected chi connectivity index (χ4v) is 1.71. The number of hydrogen-bond donors (Lipinski definition) is 0. The Morgan fingerprint density at radius 2 is 1.79 bits per heavy atom. The lowest BCUT2D eigenvalue weighted by atomic mass is 10.1. The Bertz CT molecular complexity index is 422. The Morgan fingerprint density at radius 3 is 2.26 bits per heavy atom. The molecule has 0 aromatic heterocycles. The molecule has 1 unspecified atom stereocenters. The summed E-state index contributed by atoms with van der Waals surface area (Å²) < 4.78 is 10.3. The van der Waals surface area contributed by atoms with Gasteiger partial charge in [-0.05, 0) is 37.1 Å². The van der Waals surface area contributed by atoms with E-state index in [1.54, 1.807) is 31.4 Å². The van der Waals surface area contributed by atoms with Crippen LogP contribution in [-0.2, 0) is 9.53 Å². The average Bonchev–Trinajstić information content (AvgIpc) is 2.44. The van der Waals surface area contributed by atoms with Crippen molar-refractivity contribution >= 4 is 11.8 Å². The van der Waals surface area contributed by atoms with E-state index < -0.39 is 12.1 Å². The second-order valence-corrected chi connectivity index (χ2v) is 4.25. The van der Waals surface area contributed by atoms with E-state index in [1.807, 2.05) is 13.8 Å². The number of ether oxygens (including phenoxy) is 2. The predicted octanol–water partition coefficient (Wildman–Crippen LogP) is 3.00. The van der Waals surface area contributed by atoms with Crippen LogP contribution in [-0.4, -0.2) is 25.0 Å². The molecule has 0 N–H and O–H groups in total. The maximum absolute atomic E-state index is 11.9. The number of methoxy groups -OCH3 is 1. The second kappa shape index (κ2) is 7.56. The first-order chi connectivity index (χ1) is 9.12. The van der Waals surface area contributed by atoms with Crippen LogP contribution in [0.1, 0.15) is 43.5 Å². The van der Waals surface area contributed by atoms with E-state index in [0.717, 1.165) is 6.42 Å². The second-order valence-electron chi connectivity index (χ2n) is 4.25. The van der Waals surface area contributed by atoms with Crippen molar-refractivity contribution in [2.24, 2.45) is 0 Å². The molecule has 0 spiro atoms. The van der Waals surface area contributed by atoms with Gasteiger partial charge in [0.1, 0.15) is 5.75 Å². The molecule has 0 aliphatic rings. The number of ketones is 1. The number of carbonyl (C=O) groups is 2. The Hall–Kier alpha value is -1.84. The van der Waals surface area contributed by atoms with Crippen molar-refractivity contribution in [3.63, 3.8) is 0 Å². The van der Waals surface area contributed by atoms with Gasteiger partial charge in [0.25, 0.3) is 0 Å². The van der Waals surface area contributed by atoms with Crippen molar-refractivity contribution in [2.45, 2.75) is 39.2 Å². The number of carbonyl (C=O) groups excluding carboxylic acids is 2. The Labute approximate surface area is 113 Å². The topological polar surface area (TPSA) is 52.6 Å². The van der Waals surface area contributed by atoms with Crippen LogP contribution in [0.2, 0.25) is 0 Å². The van der Waals surface area contributed by atoms with Gasteiger partial charge in [0, 0.05) is 6.42 Å². The fraction of sp³-hybridized carbons (Fsp3) is 0.467. The lowest BCUT2D eigenvalue weighted by Gasteiger charge is -2.14. The van der Waals surface area contributed by atoms with E-state index in [-0.39, 0.29) is 5.78 Å². The molecule has 1 aromatic carbocycles. The molecule has 0 heterocycles. The molecule has 0 fully saturated rings. The quantitative estimate of drug-likeness (QED) is 0.710. The van der Waals surface area contributed by atoms with Crippen LogP contribution in [0.15, 0.2) is 24.3 Å². The normalized spacial score (nSPS) is 11.7. The van der Waals surface area contributed by atoms with Gasteiger partial charge in [0.05, 0.1) is 12.7 Å². The highest BCUT2D eigenvalue weighted by atomic mass is 16.5. The fourth-order valence-electron chi connectivity index (χ4n) is 1.71. The van der Waals surface area contributed by atoms with Gasteiger partial charge in [-0.15, -0.1) is 0 Å². The van der Waals surface area contributed by atoms with Crippen LogP contribution in [0, 0.1) is 0 Å². The van der Waals surface area contributed by atoms with Crippen molar-refractivity contribution in [3.8, 4) is 5.75 Å². The average molecular weight is 264 g/mol. The summed E-state index contributed by atoms with van der Waals surface area (Å²) in [5, 5.41) is 0. The van der Waals surface area contributed by atoms with Crippen molar-refractivity contribution in [3.05, 3.63) is 29.8 Å². The van der Waals surface area contributed by atoms with Crippen LogP contribution < -0.4 is 4.74 Å². The maximum atomic E-state index is 11.9. The highest BCUT2D eigenvalue weighted by molar-refractivity contribution is 5.92. The van der Waals surface area contributed by atoms with Gasteiger partial charge < -0.3 is 9.47 Å². The van der Waals surface area contributed by atoms with Crippen LogP contribution >= 0.6 is 0 Å². The molecule has 0 amide bonds. The standard InChI is InChI=1S/C15H20O4/c1-4-6-13(16)14(5-2)19-15(17)11-7-9-12(18-3)10-8-11/h7-10,14H,4-6H2,1-3H3. The zero-order valence-corrected chi connectivity index (χ0v) is 11.6. The molecule has 0 bridgehead atoms. The SMILES string of the molecule is CCCC(=O)C(CC)OC(=O)c1ccc(OC)cc1. The summed E-state index contributed by atoms with van der Waals surface area (Å²) in [6.45, 7) is 3.76. The summed E-state index contributed by atoms with van der Waals surface area (Å²) in [6.07, 6.45) is 1.06. The van der Waals surface area contributed by atoms with E-state index in [4.69, 9.17) is 9.47 Å². The third-order valence-electron chi connectivity index (χ3n) is 2.80. The summed E-state index contributed by atoms with van der Waals surface area (Å²) in [5.74, 6) is 0.177. The molecular weight excluding hydrogens is 244 g/mol. The lowest BCUT2D eigenvalue weighted by molar-refractivity contribution is -0.127. The van der Waals surface area contributed by atoms with E-state index in [2.05, 4.69) is 0 Å². The monoisotopic (exact) mass is 264 g/mol. The first-order valence-corrected chi connectivity index (χ1v) is 6.50. The zero-order valence-electron chi connectivity index (χ0n) is 11.6. The minimum Gasteiger partial charge on any atom is -0.497 e. The number of rotatable bonds is 7. The molecule has 1 rings (SSSR count). The number of esters is 1. The van der Waals surface area contributed by atoms with Gasteiger partial charge in [-0.3, -0.25) is 4.79 Å². The summed E-state index contributed by atoms with van der Waals surface area (Å²) >= 11 is 0. The van der Waals surface area contributed by atoms with E-state index >= 15 is 0 Å². The smallest absolute Gasteiger partial charge is 0.338 e. The minimum absolute atomic E-state index is 0.0214. The van der Waals surface area contributed by atoms with Crippen LogP contribution in [0.5, 0.6) is 5.75 Å². The summed E-state index contributed by atoms with van der Waals surface area (Å²) in [4.78, 5) is 23.7. The predicted molar refractivity (Wildman–Crippen MR) is 72.4 cm³/mol. The third kappa shape index (κ3) is 4.39.